The number of rotatable bonds is 6. The molecule has 148 valence electrons. The maximum absolute atomic E-state index is 12.7. The minimum Gasteiger partial charge on any atom is -0.496 e. The van der Waals surface area contributed by atoms with E-state index in [9.17, 15) is 18.0 Å². The normalized spacial score (nSPS) is 14.2. The van der Waals surface area contributed by atoms with Gasteiger partial charge in [0, 0.05) is 5.56 Å². The van der Waals surface area contributed by atoms with Crippen LogP contribution in [0.15, 0.2) is 41.3 Å². The predicted molar refractivity (Wildman–Crippen MR) is 102 cm³/mol. The average Bonchev–Trinajstić information content (AvgIpc) is 3.13. The number of Topliss-reactive ketones (excluding diaryl/α,β-unsaturated/α-hetero) is 1. The Morgan fingerprint density at radius 1 is 1.07 bits per heavy atom. The summed E-state index contributed by atoms with van der Waals surface area (Å²) in [5, 5.41) is 5.11. The van der Waals surface area contributed by atoms with Crippen molar-refractivity contribution in [2.45, 2.75) is 37.2 Å². The Balaban J connectivity index is 1.81. The lowest BCUT2D eigenvalue weighted by Crippen LogP contribution is -2.25. The molecule has 2 aromatic rings. The van der Waals surface area contributed by atoms with E-state index < -0.39 is 22.1 Å². The summed E-state index contributed by atoms with van der Waals surface area (Å²) in [5.74, 6) is -1.08. The van der Waals surface area contributed by atoms with Crippen LogP contribution in [0.4, 0.5) is 0 Å². The third-order valence-electron chi connectivity index (χ3n) is 4.76. The monoisotopic (exact) mass is 403 g/mol. The number of fused-ring (bicyclic) bond motifs is 1. The number of sulfonamides is 1. The molecule has 0 aromatic heterocycles. The topological polar surface area (TPSA) is 113 Å². The van der Waals surface area contributed by atoms with Gasteiger partial charge in [-0.2, -0.15) is 0 Å². The molecule has 0 radical (unpaired) electrons. The van der Waals surface area contributed by atoms with Crippen LogP contribution >= 0.6 is 0 Å². The maximum atomic E-state index is 12.7. The molecule has 8 heteroatoms. The average molecular weight is 403 g/mol. The maximum Gasteiger partial charge on any atom is 0.342 e. The number of carbonyl (C=O) groups excluding carboxylic acids is 2. The van der Waals surface area contributed by atoms with Gasteiger partial charge in [0.25, 0.3) is 0 Å². The Labute approximate surface area is 163 Å². The number of ketones is 1. The van der Waals surface area contributed by atoms with Crippen molar-refractivity contribution < 1.29 is 27.5 Å². The molecule has 7 nitrogen and oxygen atoms in total. The van der Waals surface area contributed by atoms with Crippen LogP contribution in [0.25, 0.3) is 0 Å². The summed E-state index contributed by atoms with van der Waals surface area (Å²) in [6.45, 7) is 1.48. The number of carbonyl (C=O) groups is 2. The highest BCUT2D eigenvalue weighted by atomic mass is 32.2. The highest BCUT2D eigenvalue weighted by molar-refractivity contribution is 7.89. The molecule has 1 aliphatic rings. The van der Waals surface area contributed by atoms with E-state index in [0.29, 0.717) is 5.56 Å². The van der Waals surface area contributed by atoms with Crippen LogP contribution < -0.4 is 9.88 Å². The molecule has 0 bridgehead atoms. The lowest BCUT2D eigenvalue weighted by atomic mass is 10.0. The standard InChI is InChI=1S/C20H21NO6S/c1-12(19(22)15-7-6-13-4-3-5-14(13)10-15)27-20(23)17-11-16(28(21,24)25)8-9-18(17)26-2/h6-12H,3-5H2,1-2H3,(H2,21,24,25)/t12-/m0/s1. The predicted octanol–water partition coefficient (Wildman–Crippen LogP) is 2.26. The lowest BCUT2D eigenvalue weighted by molar-refractivity contribution is 0.0315. The van der Waals surface area contributed by atoms with Crippen molar-refractivity contribution in [1.29, 1.82) is 0 Å². The molecular formula is C20H21NO6S. The highest BCUT2D eigenvalue weighted by Crippen LogP contribution is 2.25. The Kier molecular flexibility index (Phi) is 5.53. The van der Waals surface area contributed by atoms with Crippen LogP contribution in [0.1, 0.15) is 45.2 Å². The Hall–Kier alpha value is -2.71. The zero-order valence-corrected chi connectivity index (χ0v) is 16.4. The number of aryl methyl sites for hydroxylation is 2. The molecule has 2 aromatic carbocycles. The minimum atomic E-state index is -4.01. The van der Waals surface area contributed by atoms with Gasteiger partial charge in [-0.05, 0) is 61.6 Å². The Morgan fingerprint density at radius 3 is 2.46 bits per heavy atom. The summed E-state index contributed by atoms with van der Waals surface area (Å²) in [7, 11) is -2.67. The molecule has 1 aliphatic carbocycles. The first-order chi connectivity index (χ1) is 13.2. The van der Waals surface area contributed by atoms with E-state index in [4.69, 9.17) is 14.6 Å². The second kappa shape index (κ2) is 7.73. The number of primary sulfonamides is 1. The van der Waals surface area contributed by atoms with Gasteiger partial charge in [0.05, 0.1) is 12.0 Å². The number of esters is 1. The molecule has 0 spiro atoms. The summed E-state index contributed by atoms with van der Waals surface area (Å²) in [4.78, 5) is 25.0. The number of nitrogens with two attached hydrogens (primary N) is 1. The van der Waals surface area contributed by atoms with Crippen molar-refractivity contribution in [1.82, 2.24) is 0 Å². The van der Waals surface area contributed by atoms with Crippen molar-refractivity contribution in [3.8, 4) is 5.75 Å². The van der Waals surface area contributed by atoms with Gasteiger partial charge in [-0.3, -0.25) is 4.79 Å². The molecule has 3 rings (SSSR count). The second-order valence-corrected chi connectivity index (χ2v) is 8.22. The molecule has 0 unspecified atom stereocenters. The summed E-state index contributed by atoms with van der Waals surface area (Å²) >= 11 is 0. The van der Waals surface area contributed by atoms with Crippen molar-refractivity contribution in [2.75, 3.05) is 7.11 Å². The van der Waals surface area contributed by atoms with Gasteiger partial charge in [-0.15, -0.1) is 0 Å². The first kappa shape index (κ1) is 20.0. The largest absolute Gasteiger partial charge is 0.496 e. The van der Waals surface area contributed by atoms with E-state index in [1.54, 1.807) is 6.07 Å². The molecule has 0 heterocycles. The third-order valence-corrected chi connectivity index (χ3v) is 5.67. The number of methoxy groups -OCH3 is 1. The van der Waals surface area contributed by atoms with E-state index in [0.717, 1.165) is 30.9 Å². The molecule has 0 saturated carbocycles. The van der Waals surface area contributed by atoms with Gasteiger partial charge in [0.2, 0.25) is 15.8 Å². The first-order valence-corrected chi connectivity index (χ1v) is 10.3. The van der Waals surface area contributed by atoms with Gasteiger partial charge < -0.3 is 9.47 Å². The Morgan fingerprint density at radius 2 is 1.79 bits per heavy atom. The SMILES string of the molecule is COc1ccc(S(N)(=O)=O)cc1C(=O)O[C@@H](C)C(=O)c1ccc2c(c1)CCC2. The molecule has 1 atom stereocenters. The van der Waals surface area contributed by atoms with E-state index in [2.05, 4.69) is 0 Å². The molecular weight excluding hydrogens is 382 g/mol. The number of ether oxygens (including phenoxy) is 2. The number of hydrogen-bond acceptors (Lipinski definition) is 6. The van der Waals surface area contributed by atoms with Crippen LogP contribution in [-0.2, 0) is 27.6 Å². The van der Waals surface area contributed by atoms with Gasteiger partial charge in [0.1, 0.15) is 11.3 Å². The summed E-state index contributed by atoms with van der Waals surface area (Å²) < 4.78 is 33.5. The molecule has 0 saturated heterocycles. The van der Waals surface area contributed by atoms with Crippen LogP contribution in [0.5, 0.6) is 5.75 Å². The summed E-state index contributed by atoms with van der Waals surface area (Å²) in [6.07, 6.45) is 1.96. The van der Waals surface area contributed by atoms with E-state index in [1.807, 2.05) is 12.1 Å². The molecule has 0 aliphatic heterocycles. The number of hydrogen-bond donors (Lipinski definition) is 1. The van der Waals surface area contributed by atoms with E-state index in [1.165, 1.54) is 31.7 Å². The minimum absolute atomic E-state index is 0.120. The zero-order chi connectivity index (χ0) is 20.5. The van der Waals surface area contributed by atoms with Crippen LogP contribution in [-0.4, -0.2) is 33.4 Å². The van der Waals surface area contributed by atoms with Crippen molar-refractivity contribution >= 4 is 21.8 Å². The fourth-order valence-electron chi connectivity index (χ4n) is 3.26. The van der Waals surface area contributed by atoms with Gasteiger partial charge in [-0.1, -0.05) is 12.1 Å². The third kappa shape index (κ3) is 4.07. The van der Waals surface area contributed by atoms with Crippen LogP contribution in [0.3, 0.4) is 0 Å². The summed E-state index contributed by atoms with van der Waals surface area (Å²) in [6, 6.07) is 9.12. The highest BCUT2D eigenvalue weighted by Gasteiger charge is 2.25. The number of benzene rings is 2. The van der Waals surface area contributed by atoms with Gasteiger partial charge >= 0.3 is 5.97 Å². The summed E-state index contributed by atoms with van der Waals surface area (Å²) in [5.41, 5.74) is 2.74. The van der Waals surface area contributed by atoms with Crippen molar-refractivity contribution in [3.63, 3.8) is 0 Å². The van der Waals surface area contributed by atoms with Crippen molar-refractivity contribution in [2.24, 2.45) is 5.14 Å². The molecule has 0 fully saturated rings. The Bertz CT molecular complexity index is 1040. The fourth-order valence-corrected chi connectivity index (χ4v) is 3.80. The fraction of sp³-hybridized carbons (Fsp3) is 0.300. The second-order valence-electron chi connectivity index (χ2n) is 6.66. The van der Waals surface area contributed by atoms with E-state index in [-0.39, 0.29) is 22.0 Å². The smallest absolute Gasteiger partial charge is 0.342 e. The molecule has 2 N–H and O–H groups in total. The zero-order valence-electron chi connectivity index (χ0n) is 15.6. The molecule has 28 heavy (non-hydrogen) atoms. The molecule has 0 amide bonds. The quantitative estimate of drug-likeness (QED) is 0.585. The van der Waals surface area contributed by atoms with Crippen LogP contribution in [0, 0.1) is 0 Å². The lowest BCUT2D eigenvalue weighted by Gasteiger charge is -2.15. The van der Waals surface area contributed by atoms with Gasteiger partial charge in [0.15, 0.2) is 6.10 Å². The van der Waals surface area contributed by atoms with Crippen LogP contribution in [0.2, 0.25) is 0 Å². The van der Waals surface area contributed by atoms with E-state index >= 15 is 0 Å². The van der Waals surface area contributed by atoms with Gasteiger partial charge in [-0.25, -0.2) is 18.4 Å². The van der Waals surface area contributed by atoms with Crippen molar-refractivity contribution in [3.05, 3.63) is 58.7 Å². The first-order valence-electron chi connectivity index (χ1n) is 8.78.